The van der Waals surface area contributed by atoms with E-state index in [1.54, 1.807) is 11.3 Å². The molecule has 2 bridgehead atoms. The van der Waals surface area contributed by atoms with E-state index in [2.05, 4.69) is 79.5 Å². The van der Waals surface area contributed by atoms with Gasteiger partial charge in [0.05, 0.1) is 0 Å². The summed E-state index contributed by atoms with van der Waals surface area (Å²) < 4.78 is 0. The van der Waals surface area contributed by atoms with Gasteiger partial charge in [0, 0.05) is 30.9 Å². The van der Waals surface area contributed by atoms with E-state index in [1.807, 2.05) is 0 Å². The summed E-state index contributed by atoms with van der Waals surface area (Å²) in [5.74, 6) is 1.58. The van der Waals surface area contributed by atoms with E-state index in [9.17, 15) is 0 Å². The molecule has 1 aromatic heterocycles. The highest BCUT2D eigenvalue weighted by Crippen LogP contribution is 2.62. The Hall–Kier alpha value is -1.62. The van der Waals surface area contributed by atoms with Crippen molar-refractivity contribution in [3.63, 3.8) is 0 Å². The second-order valence-corrected chi connectivity index (χ2v) is 9.59. The molecule has 25 heavy (non-hydrogen) atoms. The van der Waals surface area contributed by atoms with Crippen molar-refractivity contribution in [1.29, 1.82) is 0 Å². The molecule has 4 nitrogen and oxygen atoms in total. The average molecular weight is 357 g/mol. The number of benzene rings is 1. The number of rotatable bonds is 4. The quantitative estimate of drug-likeness (QED) is 0.846. The topological polar surface area (TPSA) is 41.1 Å². The number of hydrogen-bond donors (Lipinski definition) is 1. The second kappa shape index (κ2) is 5.70. The number of fused-ring (bicyclic) bond motifs is 2. The Morgan fingerprint density at radius 1 is 1.04 bits per heavy atom. The van der Waals surface area contributed by atoms with Crippen molar-refractivity contribution in [3.8, 4) is 10.6 Å². The summed E-state index contributed by atoms with van der Waals surface area (Å²) in [6, 6.07) is 8.51. The average Bonchev–Trinajstić information content (AvgIpc) is 3.27. The van der Waals surface area contributed by atoms with Gasteiger partial charge in [0.15, 0.2) is 0 Å². The molecule has 0 saturated heterocycles. The van der Waals surface area contributed by atoms with E-state index >= 15 is 0 Å². The van der Waals surface area contributed by atoms with E-state index in [0.717, 1.165) is 27.5 Å². The minimum absolute atomic E-state index is 0.113. The van der Waals surface area contributed by atoms with Crippen molar-refractivity contribution in [2.45, 2.75) is 45.6 Å². The van der Waals surface area contributed by atoms with Crippen LogP contribution >= 0.6 is 11.3 Å². The van der Waals surface area contributed by atoms with E-state index in [4.69, 9.17) is 0 Å². The van der Waals surface area contributed by atoms with E-state index < -0.39 is 0 Å². The molecule has 0 spiro atoms. The highest BCUT2D eigenvalue weighted by Gasteiger charge is 2.60. The van der Waals surface area contributed by atoms with Gasteiger partial charge in [0.1, 0.15) is 5.01 Å². The third kappa shape index (κ3) is 2.55. The monoisotopic (exact) mass is 356 g/mol. The molecule has 0 radical (unpaired) electrons. The molecule has 134 valence electrons. The summed E-state index contributed by atoms with van der Waals surface area (Å²) in [4.78, 5) is 2.11. The maximum Gasteiger partial charge on any atom is 0.206 e. The molecule has 2 aliphatic carbocycles. The minimum Gasteiger partial charge on any atom is -0.378 e. The third-order valence-electron chi connectivity index (χ3n) is 7.03. The summed E-state index contributed by atoms with van der Waals surface area (Å²) in [7, 11) is 4.11. The predicted molar refractivity (Wildman–Crippen MR) is 106 cm³/mol. The van der Waals surface area contributed by atoms with Crippen LogP contribution in [0.3, 0.4) is 0 Å². The first-order valence-corrected chi connectivity index (χ1v) is 10.0. The molecule has 1 heterocycles. The lowest BCUT2D eigenvalue weighted by atomic mass is 9.64. The van der Waals surface area contributed by atoms with Crippen LogP contribution in [0.25, 0.3) is 10.6 Å². The van der Waals surface area contributed by atoms with Gasteiger partial charge in [-0.15, -0.1) is 10.2 Å². The fraction of sp³-hybridized carbons (Fsp3) is 0.600. The molecule has 0 aliphatic heterocycles. The fourth-order valence-corrected chi connectivity index (χ4v) is 5.75. The van der Waals surface area contributed by atoms with Gasteiger partial charge in [-0.25, -0.2) is 0 Å². The molecule has 1 aromatic carbocycles. The molecular weight excluding hydrogens is 328 g/mol. The molecule has 3 unspecified atom stereocenters. The molecule has 2 saturated carbocycles. The van der Waals surface area contributed by atoms with Crippen LogP contribution in [-0.4, -0.2) is 29.8 Å². The fourth-order valence-electron chi connectivity index (χ4n) is 4.89. The lowest BCUT2D eigenvalue weighted by Gasteiger charge is -2.48. The van der Waals surface area contributed by atoms with Crippen LogP contribution < -0.4 is 10.2 Å². The van der Waals surface area contributed by atoms with Crippen LogP contribution in [0.4, 0.5) is 10.8 Å². The number of hydrogen-bond acceptors (Lipinski definition) is 5. The highest BCUT2D eigenvalue weighted by atomic mass is 32.1. The number of nitrogens with zero attached hydrogens (tertiary/aromatic N) is 3. The first kappa shape index (κ1) is 16.8. The van der Waals surface area contributed by atoms with Gasteiger partial charge >= 0.3 is 0 Å². The van der Waals surface area contributed by atoms with Gasteiger partial charge in [-0.2, -0.15) is 0 Å². The maximum atomic E-state index is 4.45. The zero-order valence-electron chi connectivity index (χ0n) is 15.8. The molecule has 2 fully saturated rings. The summed E-state index contributed by atoms with van der Waals surface area (Å²) in [6.45, 7) is 7.24. The van der Waals surface area contributed by atoms with Crippen LogP contribution in [0.2, 0.25) is 0 Å². The molecule has 3 atom stereocenters. The molecular formula is C20H28N4S. The van der Waals surface area contributed by atoms with Crippen molar-refractivity contribution in [3.05, 3.63) is 24.3 Å². The van der Waals surface area contributed by atoms with Crippen LogP contribution in [0.1, 0.15) is 40.0 Å². The zero-order valence-corrected chi connectivity index (χ0v) is 16.7. The Bertz CT molecular complexity index is 764. The highest BCUT2D eigenvalue weighted by molar-refractivity contribution is 7.18. The lowest BCUT2D eigenvalue weighted by molar-refractivity contribution is 0.119. The van der Waals surface area contributed by atoms with E-state index in [1.165, 1.54) is 24.9 Å². The molecule has 1 N–H and O–H groups in total. The summed E-state index contributed by atoms with van der Waals surface area (Å²) >= 11 is 1.67. The van der Waals surface area contributed by atoms with Gasteiger partial charge < -0.3 is 10.2 Å². The van der Waals surface area contributed by atoms with Gasteiger partial charge in [0.2, 0.25) is 5.13 Å². The summed E-state index contributed by atoms with van der Waals surface area (Å²) in [5, 5.41) is 14.6. The summed E-state index contributed by atoms with van der Waals surface area (Å²) in [5.41, 5.74) is 2.74. The van der Waals surface area contributed by atoms with Gasteiger partial charge in [-0.1, -0.05) is 25.2 Å². The SMILES string of the molecule is CN(C)c1ccc(-c2nnc(NC3(C)C4CCC(C4)C3(C)C)s2)cc1. The lowest BCUT2D eigenvalue weighted by Crippen LogP contribution is -2.52. The number of anilines is 2. The van der Waals surface area contributed by atoms with Gasteiger partial charge in [-0.05, 0) is 67.7 Å². The largest absolute Gasteiger partial charge is 0.378 e. The summed E-state index contributed by atoms with van der Waals surface area (Å²) in [6.07, 6.45) is 4.08. The first-order chi connectivity index (χ1) is 11.8. The first-order valence-electron chi connectivity index (χ1n) is 9.21. The zero-order chi connectivity index (χ0) is 17.8. The van der Waals surface area contributed by atoms with Crippen LogP contribution in [0, 0.1) is 17.3 Å². The Kier molecular flexibility index (Phi) is 3.83. The Morgan fingerprint density at radius 2 is 1.72 bits per heavy atom. The standard InChI is InChI=1S/C20H28N4S/c1-19(2)14-8-9-15(12-14)20(19,3)21-18-23-22-17(25-18)13-6-10-16(11-7-13)24(4)5/h6-7,10-11,14-15H,8-9,12H2,1-5H3,(H,21,23). The second-order valence-electron chi connectivity index (χ2n) is 8.61. The van der Waals surface area contributed by atoms with Crippen molar-refractivity contribution < 1.29 is 0 Å². The predicted octanol–water partition coefficient (Wildman–Crippen LogP) is 4.90. The van der Waals surface area contributed by atoms with Crippen molar-refractivity contribution >= 4 is 22.2 Å². The van der Waals surface area contributed by atoms with E-state index in [-0.39, 0.29) is 5.54 Å². The number of nitrogens with one attached hydrogen (secondary N) is 1. The maximum absolute atomic E-state index is 4.45. The molecule has 4 rings (SSSR count). The molecule has 0 amide bonds. The van der Waals surface area contributed by atoms with Crippen LogP contribution in [0.15, 0.2) is 24.3 Å². The molecule has 2 aliphatic rings. The van der Waals surface area contributed by atoms with E-state index in [0.29, 0.717) is 5.41 Å². The smallest absolute Gasteiger partial charge is 0.206 e. The Balaban J connectivity index is 1.56. The van der Waals surface area contributed by atoms with Crippen molar-refractivity contribution in [1.82, 2.24) is 10.2 Å². The van der Waals surface area contributed by atoms with Crippen LogP contribution in [0.5, 0.6) is 0 Å². The minimum atomic E-state index is 0.113. The van der Waals surface area contributed by atoms with Crippen LogP contribution in [-0.2, 0) is 0 Å². The Morgan fingerprint density at radius 3 is 2.32 bits per heavy atom. The van der Waals surface area contributed by atoms with Crippen molar-refractivity contribution in [2.75, 3.05) is 24.3 Å². The molecule has 5 heteroatoms. The van der Waals surface area contributed by atoms with Crippen molar-refractivity contribution in [2.24, 2.45) is 17.3 Å². The molecule has 2 aromatic rings. The normalized spacial score (nSPS) is 29.8. The van der Waals surface area contributed by atoms with Gasteiger partial charge in [0.25, 0.3) is 0 Å². The number of aromatic nitrogens is 2. The third-order valence-corrected chi connectivity index (χ3v) is 7.92. The Labute approximate surface area is 154 Å². The van der Waals surface area contributed by atoms with Gasteiger partial charge in [-0.3, -0.25) is 0 Å².